The minimum atomic E-state index is -3.54. The molecule has 25 heavy (non-hydrogen) atoms. The predicted molar refractivity (Wildman–Crippen MR) is 93.9 cm³/mol. The van der Waals surface area contributed by atoms with Crippen molar-refractivity contribution in [3.63, 3.8) is 0 Å². The maximum atomic E-state index is 12.8. The van der Waals surface area contributed by atoms with E-state index < -0.39 is 10.0 Å². The topological polar surface area (TPSA) is 76.2 Å². The summed E-state index contributed by atoms with van der Waals surface area (Å²) >= 11 is 0. The van der Waals surface area contributed by atoms with Crippen molar-refractivity contribution < 1.29 is 22.7 Å². The summed E-state index contributed by atoms with van der Waals surface area (Å²) in [6.07, 6.45) is 0. The highest BCUT2D eigenvalue weighted by molar-refractivity contribution is 7.89. The zero-order valence-electron chi connectivity index (χ0n) is 15.0. The largest absolute Gasteiger partial charge is 0.382 e. The van der Waals surface area contributed by atoms with Crippen LogP contribution in [0.5, 0.6) is 0 Å². The first-order chi connectivity index (χ1) is 11.9. The molecular weight excluding hydrogens is 344 g/mol. The molecule has 1 amide bonds. The molecule has 1 aromatic rings. The highest BCUT2D eigenvalue weighted by Crippen LogP contribution is 2.22. The van der Waals surface area contributed by atoms with E-state index >= 15 is 0 Å². The molecule has 0 aromatic heterocycles. The van der Waals surface area contributed by atoms with Crippen LogP contribution in [0.2, 0.25) is 0 Å². The lowest BCUT2D eigenvalue weighted by Gasteiger charge is -2.34. The molecule has 0 atom stereocenters. The van der Waals surface area contributed by atoms with Gasteiger partial charge in [0.25, 0.3) is 0 Å². The number of hydrogen-bond acceptors (Lipinski definition) is 5. The van der Waals surface area contributed by atoms with Gasteiger partial charge in [-0.1, -0.05) is 17.7 Å². The second-order valence-electron chi connectivity index (χ2n) is 6.10. The van der Waals surface area contributed by atoms with Crippen LogP contribution in [0.1, 0.15) is 11.1 Å². The Kier molecular flexibility index (Phi) is 6.95. The molecule has 0 spiro atoms. The SMILES string of the molecule is COCCOCC(=O)N1CCN(S(=O)(=O)c2ccc(C)cc2C)CC1. The summed E-state index contributed by atoms with van der Waals surface area (Å²) in [7, 11) is -1.97. The van der Waals surface area contributed by atoms with Gasteiger partial charge in [-0.25, -0.2) is 8.42 Å². The smallest absolute Gasteiger partial charge is 0.248 e. The lowest BCUT2D eigenvalue weighted by Crippen LogP contribution is -2.51. The molecule has 1 saturated heterocycles. The minimum Gasteiger partial charge on any atom is -0.382 e. The second kappa shape index (κ2) is 8.75. The van der Waals surface area contributed by atoms with Gasteiger partial charge in [-0.05, 0) is 25.5 Å². The number of rotatable bonds is 7. The Hall–Kier alpha value is -1.48. The van der Waals surface area contributed by atoms with Gasteiger partial charge in [0.1, 0.15) is 6.61 Å². The number of piperazine rings is 1. The number of ether oxygens (including phenoxy) is 2. The van der Waals surface area contributed by atoms with Crippen molar-refractivity contribution >= 4 is 15.9 Å². The number of sulfonamides is 1. The van der Waals surface area contributed by atoms with Gasteiger partial charge in [-0.3, -0.25) is 4.79 Å². The van der Waals surface area contributed by atoms with E-state index in [1.165, 1.54) is 4.31 Å². The maximum absolute atomic E-state index is 12.8. The van der Waals surface area contributed by atoms with Crippen molar-refractivity contribution in [1.82, 2.24) is 9.21 Å². The molecule has 0 bridgehead atoms. The molecule has 140 valence electrons. The summed E-state index contributed by atoms with van der Waals surface area (Å²) in [5.41, 5.74) is 1.77. The minimum absolute atomic E-state index is 0.00677. The van der Waals surface area contributed by atoms with Crippen LogP contribution in [0.3, 0.4) is 0 Å². The van der Waals surface area contributed by atoms with Crippen LogP contribution < -0.4 is 0 Å². The van der Waals surface area contributed by atoms with E-state index in [0.29, 0.717) is 44.3 Å². The Bertz CT molecular complexity index is 697. The van der Waals surface area contributed by atoms with Crippen LogP contribution in [0.25, 0.3) is 0 Å². The molecule has 1 aromatic carbocycles. The number of methoxy groups -OCH3 is 1. The van der Waals surface area contributed by atoms with E-state index in [0.717, 1.165) is 11.1 Å². The average molecular weight is 370 g/mol. The highest BCUT2D eigenvalue weighted by Gasteiger charge is 2.30. The fourth-order valence-corrected chi connectivity index (χ4v) is 4.43. The lowest BCUT2D eigenvalue weighted by atomic mass is 10.2. The molecule has 1 heterocycles. The fraction of sp³-hybridized carbons (Fsp3) is 0.588. The number of carbonyl (C=O) groups is 1. The van der Waals surface area contributed by atoms with Gasteiger partial charge in [-0.15, -0.1) is 0 Å². The Morgan fingerprint density at radius 3 is 2.40 bits per heavy atom. The molecule has 7 nitrogen and oxygen atoms in total. The Morgan fingerprint density at radius 1 is 1.12 bits per heavy atom. The standard InChI is InChI=1S/C17H26N2O5S/c1-14-4-5-16(15(2)12-14)25(21,22)19-8-6-18(7-9-19)17(20)13-24-11-10-23-3/h4-5,12H,6-11,13H2,1-3H3. The Morgan fingerprint density at radius 2 is 1.80 bits per heavy atom. The first-order valence-corrected chi connectivity index (χ1v) is 9.72. The van der Waals surface area contributed by atoms with Crippen LogP contribution >= 0.6 is 0 Å². The third kappa shape index (κ3) is 5.01. The van der Waals surface area contributed by atoms with Crippen molar-refractivity contribution in [2.75, 3.05) is 53.1 Å². The maximum Gasteiger partial charge on any atom is 0.248 e. The van der Waals surface area contributed by atoms with Gasteiger partial charge >= 0.3 is 0 Å². The van der Waals surface area contributed by atoms with E-state index in [1.807, 2.05) is 13.0 Å². The predicted octanol–water partition coefficient (Wildman–Crippen LogP) is 0.799. The van der Waals surface area contributed by atoms with Gasteiger partial charge in [0.15, 0.2) is 0 Å². The van der Waals surface area contributed by atoms with Gasteiger partial charge in [0, 0.05) is 33.3 Å². The van der Waals surface area contributed by atoms with Gasteiger partial charge < -0.3 is 14.4 Å². The molecule has 0 unspecified atom stereocenters. The quantitative estimate of drug-likeness (QED) is 0.664. The summed E-state index contributed by atoms with van der Waals surface area (Å²) in [6.45, 7) is 5.86. The van der Waals surface area contributed by atoms with E-state index in [4.69, 9.17) is 9.47 Å². The van der Waals surface area contributed by atoms with Gasteiger partial charge in [-0.2, -0.15) is 4.31 Å². The zero-order chi connectivity index (χ0) is 18.4. The summed E-state index contributed by atoms with van der Waals surface area (Å²) in [5.74, 6) is -0.125. The summed E-state index contributed by atoms with van der Waals surface area (Å²) in [4.78, 5) is 14.0. The molecule has 1 aliphatic rings. The third-order valence-electron chi connectivity index (χ3n) is 4.20. The molecule has 0 aliphatic carbocycles. The normalized spacial score (nSPS) is 16.2. The summed E-state index contributed by atoms with van der Waals surface area (Å²) < 4.78 is 37.2. The van der Waals surface area contributed by atoms with Crippen LogP contribution in [0.15, 0.2) is 23.1 Å². The van der Waals surface area contributed by atoms with Crippen LogP contribution in [0.4, 0.5) is 0 Å². The van der Waals surface area contributed by atoms with Crippen molar-refractivity contribution in [1.29, 1.82) is 0 Å². The van der Waals surface area contributed by atoms with Crippen molar-refractivity contribution in [2.24, 2.45) is 0 Å². The molecule has 2 rings (SSSR count). The number of aryl methyl sites for hydroxylation is 2. The third-order valence-corrected chi connectivity index (χ3v) is 6.26. The molecule has 8 heteroatoms. The summed E-state index contributed by atoms with van der Waals surface area (Å²) in [5, 5.41) is 0. The lowest BCUT2D eigenvalue weighted by molar-refractivity contribution is -0.137. The van der Waals surface area contributed by atoms with E-state index in [9.17, 15) is 13.2 Å². The zero-order valence-corrected chi connectivity index (χ0v) is 15.8. The first kappa shape index (κ1) is 19.8. The van der Waals surface area contributed by atoms with E-state index in [1.54, 1.807) is 31.1 Å². The van der Waals surface area contributed by atoms with Gasteiger partial charge in [0.2, 0.25) is 15.9 Å². The van der Waals surface area contributed by atoms with Crippen molar-refractivity contribution in [2.45, 2.75) is 18.7 Å². The number of carbonyl (C=O) groups excluding carboxylic acids is 1. The molecule has 1 aliphatic heterocycles. The Balaban J connectivity index is 1.93. The number of nitrogens with zero attached hydrogens (tertiary/aromatic N) is 2. The van der Waals surface area contributed by atoms with Crippen molar-refractivity contribution in [3.05, 3.63) is 29.3 Å². The number of hydrogen-bond donors (Lipinski definition) is 0. The second-order valence-corrected chi connectivity index (χ2v) is 8.01. The number of benzene rings is 1. The first-order valence-electron chi connectivity index (χ1n) is 8.28. The van der Waals surface area contributed by atoms with Crippen LogP contribution in [-0.2, 0) is 24.3 Å². The molecular formula is C17H26N2O5S. The highest BCUT2D eigenvalue weighted by atomic mass is 32.2. The fourth-order valence-electron chi connectivity index (χ4n) is 2.80. The van der Waals surface area contributed by atoms with E-state index in [2.05, 4.69) is 0 Å². The molecule has 0 radical (unpaired) electrons. The average Bonchev–Trinajstić information content (AvgIpc) is 2.58. The molecule has 1 fully saturated rings. The summed E-state index contributed by atoms with van der Waals surface area (Å²) in [6, 6.07) is 5.32. The van der Waals surface area contributed by atoms with Crippen molar-refractivity contribution in [3.8, 4) is 0 Å². The van der Waals surface area contributed by atoms with Crippen LogP contribution in [-0.4, -0.2) is 76.6 Å². The monoisotopic (exact) mass is 370 g/mol. The van der Waals surface area contributed by atoms with Crippen LogP contribution in [0, 0.1) is 13.8 Å². The Labute approximate surface area is 149 Å². The van der Waals surface area contributed by atoms with Gasteiger partial charge in [0.05, 0.1) is 18.1 Å². The molecule has 0 saturated carbocycles. The van der Waals surface area contributed by atoms with E-state index in [-0.39, 0.29) is 12.5 Å². The number of amides is 1. The molecule has 0 N–H and O–H groups in total.